The Morgan fingerprint density at radius 1 is 1.04 bits per heavy atom. The van der Waals surface area contributed by atoms with E-state index >= 15 is 0 Å². The van der Waals surface area contributed by atoms with E-state index in [0.29, 0.717) is 0 Å². The fraction of sp³-hybridized carbons (Fsp3) is 0.150. The molecule has 0 fully saturated rings. The van der Waals surface area contributed by atoms with Gasteiger partial charge in [-0.05, 0) is 24.2 Å². The molecular formula is C20H20N2O2. The van der Waals surface area contributed by atoms with E-state index in [1.165, 1.54) is 34.5 Å². The first-order valence-electron chi connectivity index (χ1n) is 7.89. The van der Waals surface area contributed by atoms with Crippen LogP contribution in [0.4, 0.5) is 0 Å². The Morgan fingerprint density at radius 2 is 1.62 bits per heavy atom. The maximum absolute atomic E-state index is 4.87. The Morgan fingerprint density at radius 3 is 2.04 bits per heavy atom. The SMILES string of the molecule is C=C(C)n1c2ccccc2c2ccccc21.CCC1=CON=CO1. The molecule has 0 amide bonds. The van der Waals surface area contributed by atoms with E-state index in [1.54, 1.807) is 0 Å². The summed E-state index contributed by atoms with van der Waals surface area (Å²) in [6.45, 7) is 8.08. The zero-order valence-corrected chi connectivity index (χ0v) is 13.9. The summed E-state index contributed by atoms with van der Waals surface area (Å²) in [7, 11) is 0. The quantitative estimate of drug-likeness (QED) is 0.624. The molecule has 0 N–H and O–H groups in total. The number of oxime groups is 1. The van der Waals surface area contributed by atoms with Crippen molar-refractivity contribution in [1.82, 2.24) is 4.57 Å². The first-order valence-corrected chi connectivity index (χ1v) is 7.89. The van der Waals surface area contributed by atoms with Crippen LogP contribution in [0.3, 0.4) is 0 Å². The number of nitrogens with zero attached hydrogens (tertiary/aromatic N) is 2. The van der Waals surface area contributed by atoms with Crippen LogP contribution in [-0.2, 0) is 9.57 Å². The average molecular weight is 320 g/mol. The number of rotatable bonds is 2. The molecule has 0 aliphatic carbocycles. The Kier molecular flexibility index (Phi) is 4.66. The molecule has 0 spiro atoms. The van der Waals surface area contributed by atoms with Crippen molar-refractivity contribution in [3.05, 3.63) is 67.1 Å². The average Bonchev–Trinajstić information content (AvgIpc) is 2.98. The van der Waals surface area contributed by atoms with Gasteiger partial charge in [0.05, 0.1) is 11.0 Å². The third kappa shape index (κ3) is 3.04. The van der Waals surface area contributed by atoms with Gasteiger partial charge < -0.3 is 14.1 Å². The Balaban J connectivity index is 0.000000179. The van der Waals surface area contributed by atoms with Crippen LogP contribution in [0.15, 0.2) is 72.3 Å². The lowest BCUT2D eigenvalue weighted by Gasteiger charge is -2.04. The predicted molar refractivity (Wildman–Crippen MR) is 99.5 cm³/mol. The third-order valence-electron chi connectivity index (χ3n) is 3.80. The highest BCUT2D eigenvalue weighted by atomic mass is 16.7. The molecule has 0 atom stereocenters. The molecule has 2 aromatic carbocycles. The molecule has 122 valence electrons. The van der Waals surface area contributed by atoms with Gasteiger partial charge in [-0.25, -0.2) is 0 Å². The van der Waals surface area contributed by atoms with Crippen molar-refractivity contribution in [2.24, 2.45) is 5.16 Å². The normalized spacial score (nSPS) is 12.8. The van der Waals surface area contributed by atoms with Crippen LogP contribution in [0, 0.1) is 0 Å². The molecule has 4 rings (SSSR count). The highest BCUT2D eigenvalue weighted by Gasteiger charge is 2.08. The molecule has 1 aliphatic heterocycles. The van der Waals surface area contributed by atoms with E-state index in [4.69, 9.17) is 4.74 Å². The Hall–Kier alpha value is -3.01. The topological polar surface area (TPSA) is 35.8 Å². The maximum Gasteiger partial charge on any atom is 0.218 e. The number of fused-ring (bicyclic) bond motifs is 3. The van der Waals surface area contributed by atoms with E-state index < -0.39 is 0 Å². The third-order valence-corrected chi connectivity index (χ3v) is 3.80. The van der Waals surface area contributed by atoms with Crippen molar-refractivity contribution in [2.45, 2.75) is 20.3 Å². The molecule has 0 radical (unpaired) electrons. The molecule has 24 heavy (non-hydrogen) atoms. The van der Waals surface area contributed by atoms with Crippen LogP contribution in [-0.4, -0.2) is 11.0 Å². The van der Waals surface area contributed by atoms with Crippen molar-refractivity contribution < 1.29 is 9.57 Å². The molecule has 3 aromatic rings. The van der Waals surface area contributed by atoms with Gasteiger partial charge in [-0.3, -0.25) is 0 Å². The molecule has 4 heteroatoms. The summed E-state index contributed by atoms with van der Waals surface area (Å²) < 4.78 is 7.08. The molecule has 2 heterocycles. The van der Waals surface area contributed by atoms with Gasteiger partial charge in [-0.15, -0.1) is 0 Å². The zero-order valence-electron chi connectivity index (χ0n) is 13.9. The molecule has 4 nitrogen and oxygen atoms in total. The van der Waals surface area contributed by atoms with Gasteiger partial charge in [0, 0.05) is 22.9 Å². The molecule has 1 aliphatic rings. The minimum Gasteiger partial charge on any atom is -0.444 e. The summed E-state index contributed by atoms with van der Waals surface area (Å²) in [5.74, 6) is 0.806. The van der Waals surface area contributed by atoms with Gasteiger partial charge in [0.2, 0.25) is 6.40 Å². The van der Waals surface area contributed by atoms with Gasteiger partial charge in [-0.2, -0.15) is 0 Å². The van der Waals surface area contributed by atoms with E-state index in [1.807, 2.05) is 13.8 Å². The first-order chi connectivity index (χ1) is 11.7. The number of ether oxygens (including phenoxy) is 1. The molecule has 1 aromatic heterocycles. The lowest BCUT2D eigenvalue weighted by Crippen LogP contribution is -1.93. The van der Waals surface area contributed by atoms with E-state index in [9.17, 15) is 0 Å². The van der Waals surface area contributed by atoms with Crippen molar-refractivity contribution in [1.29, 1.82) is 0 Å². The van der Waals surface area contributed by atoms with Crippen LogP contribution in [0.25, 0.3) is 27.5 Å². The first kappa shape index (κ1) is 15.9. The molecule has 0 saturated heterocycles. The number of aromatic nitrogens is 1. The largest absolute Gasteiger partial charge is 0.444 e. The van der Waals surface area contributed by atoms with Crippen LogP contribution in [0.2, 0.25) is 0 Å². The van der Waals surface area contributed by atoms with Crippen LogP contribution >= 0.6 is 0 Å². The minimum absolute atomic E-state index is 0.806. The fourth-order valence-electron chi connectivity index (χ4n) is 2.73. The van der Waals surface area contributed by atoms with E-state index in [0.717, 1.165) is 17.9 Å². The summed E-state index contributed by atoms with van der Waals surface area (Å²) in [6.07, 6.45) is 3.60. The number of para-hydroxylation sites is 2. The number of hydrogen-bond donors (Lipinski definition) is 0. The molecular weight excluding hydrogens is 300 g/mol. The zero-order chi connectivity index (χ0) is 16.9. The van der Waals surface area contributed by atoms with Crippen molar-refractivity contribution in [3.8, 4) is 0 Å². The smallest absolute Gasteiger partial charge is 0.218 e. The highest BCUT2D eigenvalue weighted by molar-refractivity contribution is 6.09. The van der Waals surface area contributed by atoms with Crippen molar-refractivity contribution in [2.75, 3.05) is 0 Å². The van der Waals surface area contributed by atoms with E-state index in [-0.39, 0.29) is 0 Å². The van der Waals surface area contributed by atoms with Gasteiger partial charge in [0.15, 0.2) is 6.26 Å². The summed E-state index contributed by atoms with van der Waals surface area (Å²) >= 11 is 0. The Bertz CT molecular complexity index is 882. The fourth-order valence-corrected chi connectivity index (χ4v) is 2.73. The highest BCUT2D eigenvalue weighted by Crippen LogP contribution is 2.30. The lowest BCUT2D eigenvalue weighted by atomic mass is 10.2. The summed E-state index contributed by atoms with van der Waals surface area (Å²) in [5.41, 5.74) is 3.52. The Labute approximate surface area is 141 Å². The number of hydrogen-bond acceptors (Lipinski definition) is 3. The van der Waals surface area contributed by atoms with Crippen LogP contribution in [0.5, 0.6) is 0 Å². The predicted octanol–water partition coefficient (Wildman–Crippen LogP) is 5.51. The second-order valence-electron chi connectivity index (χ2n) is 5.48. The summed E-state index contributed by atoms with van der Waals surface area (Å²) in [5, 5.41) is 5.94. The number of benzene rings is 2. The molecule has 0 bridgehead atoms. The number of allylic oxidation sites excluding steroid dienone is 2. The van der Waals surface area contributed by atoms with Gasteiger partial charge in [0.25, 0.3) is 0 Å². The van der Waals surface area contributed by atoms with Crippen molar-refractivity contribution >= 4 is 33.9 Å². The van der Waals surface area contributed by atoms with Crippen LogP contribution in [0.1, 0.15) is 20.3 Å². The van der Waals surface area contributed by atoms with Gasteiger partial charge in [-0.1, -0.05) is 49.9 Å². The lowest BCUT2D eigenvalue weighted by molar-refractivity contribution is 0.209. The van der Waals surface area contributed by atoms with E-state index in [2.05, 4.69) is 69.7 Å². The molecule has 0 saturated carbocycles. The summed E-state index contributed by atoms with van der Waals surface area (Å²) in [6, 6.07) is 16.9. The van der Waals surface area contributed by atoms with Crippen LogP contribution < -0.4 is 0 Å². The standard InChI is InChI=1S/C15H13N.C5H7NO2/c1-11(2)16-14-9-5-3-7-12(14)13-8-4-6-10-15(13)16;1-2-5-3-8-6-4-7-5/h3-10H,1H2,2H3;3-4H,2H2,1H3. The second-order valence-corrected chi connectivity index (χ2v) is 5.48. The summed E-state index contributed by atoms with van der Waals surface area (Å²) in [4.78, 5) is 4.56. The molecule has 0 unspecified atom stereocenters. The monoisotopic (exact) mass is 320 g/mol. The maximum atomic E-state index is 4.87. The van der Waals surface area contributed by atoms with Crippen molar-refractivity contribution in [3.63, 3.8) is 0 Å². The van der Waals surface area contributed by atoms with Gasteiger partial charge in [0.1, 0.15) is 5.76 Å². The van der Waals surface area contributed by atoms with Gasteiger partial charge >= 0.3 is 0 Å². The second kappa shape index (κ2) is 7.04. The minimum atomic E-state index is 0.806.